The Bertz CT molecular complexity index is 691. The first-order chi connectivity index (χ1) is 9.32. The fourth-order valence-electron chi connectivity index (χ4n) is 1.70. The fraction of sp³-hybridized carbons (Fsp3) is 0.250. The van der Waals surface area contributed by atoms with Crippen LogP contribution in [0.15, 0.2) is 35.4 Å². The minimum absolute atomic E-state index is 0.139. The van der Waals surface area contributed by atoms with Gasteiger partial charge in [0.2, 0.25) is 10.0 Å². The normalized spacial score (nSPS) is 12.1. The quantitative estimate of drug-likeness (QED) is 0.863. The molecule has 2 aromatic rings. The van der Waals surface area contributed by atoms with E-state index < -0.39 is 10.0 Å². The third-order valence-electron chi connectivity index (χ3n) is 2.90. The lowest BCUT2D eigenvalue weighted by Crippen LogP contribution is -2.27. The zero-order chi connectivity index (χ0) is 14.9. The van der Waals surface area contributed by atoms with E-state index in [1.165, 1.54) is 29.7 Å². The van der Waals surface area contributed by atoms with Gasteiger partial charge in [0, 0.05) is 19.1 Å². The van der Waals surface area contributed by atoms with Gasteiger partial charge in [-0.1, -0.05) is 23.2 Å². The summed E-state index contributed by atoms with van der Waals surface area (Å²) < 4.78 is 27.6. The van der Waals surface area contributed by atoms with E-state index in [1.807, 2.05) is 0 Å². The molecule has 0 amide bonds. The van der Waals surface area contributed by atoms with Gasteiger partial charge in [0.1, 0.15) is 0 Å². The fourth-order valence-corrected chi connectivity index (χ4v) is 3.18. The second kappa shape index (κ2) is 5.73. The molecule has 0 aliphatic carbocycles. The molecule has 0 N–H and O–H groups in total. The van der Waals surface area contributed by atoms with E-state index in [0.29, 0.717) is 15.7 Å². The third kappa shape index (κ3) is 2.98. The molecule has 0 unspecified atom stereocenters. The van der Waals surface area contributed by atoms with Gasteiger partial charge in [-0.05, 0) is 24.3 Å². The van der Waals surface area contributed by atoms with E-state index in [0.717, 1.165) is 0 Å². The van der Waals surface area contributed by atoms with Crippen LogP contribution < -0.4 is 0 Å². The number of aromatic nitrogens is 2. The average molecular weight is 334 g/mol. The maximum Gasteiger partial charge on any atom is 0.243 e. The van der Waals surface area contributed by atoms with E-state index in [2.05, 4.69) is 5.10 Å². The van der Waals surface area contributed by atoms with Gasteiger partial charge < -0.3 is 0 Å². The highest BCUT2D eigenvalue weighted by molar-refractivity contribution is 7.89. The number of hydrogen-bond acceptors (Lipinski definition) is 3. The molecule has 0 atom stereocenters. The lowest BCUT2D eigenvalue weighted by atomic mass is 10.4. The summed E-state index contributed by atoms with van der Waals surface area (Å²) in [6, 6.07) is 6.02. The lowest BCUT2D eigenvalue weighted by molar-refractivity contribution is 0.453. The van der Waals surface area contributed by atoms with E-state index in [-0.39, 0.29) is 11.4 Å². The van der Waals surface area contributed by atoms with Gasteiger partial charge in [0.05, 0.1) is 28.4 Å². The summed E-state index contributed by atoms with van der Waals surface area (Å²) in [6.45, 7) is 0.139. The van der Waals surface area contributed by atoms with Crippen molar-refractivity contribution < 1.29 is 8.42 Å². The molecule has 0 fully saturated rings. The van der Waals surface area contributed by atoms with Crippen LogP contribution in [-0.2, 0) is 23.6 Å². The highest BCUT2D eigenvalue weighted by Gasteiger charge is 2.22. The monoisotopic (exact) mass is 333 g/mol. The Morgan fingerprint density at radius 1 is 1.25 bits per heavy atom. The summed E-state index contributed by atoms with van der Waals surface area (Å²) in [5.74, 6) is 0. The van der Waals surface area contributed by atoms with Crippen LogP contribution in [0.5, 0.6) is 0 Å². The van der Waals surface area contributed by atoms with Crippen molar-refractivity contribution in [3.8, 4) is 0 Å². The summed E-state index contributed by atoms with van der Waals surface area (Å²) in [5, 5.41) is 4.90. The van der Waals surface area contributed by atoms with E-state index >= 15 is 0 Å². The molecule has 108 valence electrons. The second-order valence-corrected chi connectivity index (χ2v) is 7.17. The standard InChI is InChI=1S/C12H13Cl2N3O2S/c1-16(8-12-11(14)7-15-17(12)2)20(18,19)10-5-3-9(13)4-6-10/h3-7H,8H2,1-2H3. The van der Waals surface area contributed by atoms with E-state index in [9.17, 15) is 8.42 Å². The molecule has 0 bridgehead atoms. The topological polar surface area (TPSA) is 55.2 Å². The van der Waals surface area contributed by atoms with Crippen molar-refractivity contribution in [2.24, 2.45) is 7.05 Å². The zero-order valence-corrected chi connectivity index (χ0v) is 13.2. The molecule has 1 aromatic heterocycles. The first-order valence-corrected chi connectivity index (χ1v) is 7.90. The van der Waals surface area contributed by atoms with Gasteiger partial charge in [-0.15, -0.1) is 0 Å². The van der Waals surface area contributed by atoms with Crippen molar-refractivity contribution in [1.82, 2.24) is 14.1 Å². The van der Waals surface area contributed by atoms with E-state index in [1.54, 1.807) is 23.9 Å². The Hall–Kier alpha value is -1.08. The molecule has 0 saturated carbocycles. The van der Waals surface area contributed by atoms with Crippen LogP contribution in [0.1, 0.15) is 5.69 Å². The van der Waals surface area contributed by atoms with Crippen molar-refractivity contribution in [2.75, 3.05) is 7.05 Å². The Labute approximate surface area is 127 Å². The molecule has 8 heteroatoms. The maximum atomic E-state index is 12.4. The minimum atomic E-state index is -3.59. The predicted octanol–water partition coefficient (Wildman–Crippen LogP) is 2.55. The molecule has 0 aliphatic rings. The molecule has 0 radical (unpaired) electrons. The smallest absolute Gasteiger partial charge is 0.243 e. The molecule has 20 heavy (non-hydrogen) atoms. The lowest BCUT2D eigenvalue weighted by Gasteiger charge is -2.17. The largest absolute Gasteiger partial charge is 0.270 e. The Morgan fingerprint density at radius 3 is 2.35 bits per heavy atom. The highest BCUT2D eigenvalue weighted by atomic mass is 35.5. The van der Waals surface area contributed by atoms with Gasteiger partial charge in [0.15, 0.2) is 0 Å². The molecular formula is C12H13Cl2N3O2S. The SMILES string of the molecule is CN(Cc1c(Cl)cnn1C)S(=O)(=O)c1ccc(Cl)cc1. The third-order valence-corrected chi connectivity index (χ3v) is 5.29. The highest BCUT2D eigenvalue weighted by Crippen LogP contribution is 2.21. The average Bonchev–Trinajstić information content (AvgIpc) is 2.71. The zero-order valence-electron chi connectivity index (χ0n) is 10.9. The number of sulfonamides is 1. The number of nitrogens with zero attached hydrogens (tertiary/aromatic N) is 3. The van der Waals surface area contributed by atoms with Gasteiger partial charge in [-0.25, -0.2) is 8.42 Å². The van der Waals surface area contributed by atoms with E-state index in [4.69, 9.17) is 23.2 Å². The Kier molecular flexibility index (Phi) is 4.39. The molecular weight excluding hydrogens is 321 g/mol. The molecule has 0 saturated heterocycles. The van der Waals surface area contributed by atoms with Gasteiger partial charge >= 0.3 is 0 Å². The van der Waals surface area contributed by atoms with Crippen LogP contribution in [-0.4, -0.2) is 29.6 Å². The van der Waals surface area contributed by atoms with Crippen LogP contribution in [0.25, 0.3) is 0 Å². The van der Waals surface area contributed by atoms with Gasteiger partial charge in [0.25, 0.3) is 0 Å². The maximum absolute atomic E-state index is 12.4. The van der Waals surface area contributed by atoms with Gasteiger partial charge in [-0.3, -0.25) is 4.68 Å². The van der Waals surface area contributed by atoms with Crippen LogP contribution in [0.4, 0.5) is 0 Å². The first-order valence-electron chi connectivity index (χ1n) is 5.70. The summed E-state index contributed by atoms with van der Waals surface area (Å²) in [5.41, 5.74) is 0.631. The first kappa shape index (κ1) is 15.3. The number of benzene rings is 1. The van der Waals surface area contributed by atoms with Crippen LogP contribution in [0.2, 0.25) is 10.0 Å². The summed E-state index contributed by atoms with van der Waals surface area (Å²) >= 11 is 11.7. The van der Waals surface area contributed by atoms with Crippen molar-refractivity contribution >= 4 is 33.2 Å². The van der Waals surface area contributed by atoms with Crippen molar-refractivity contribution in [2.45, 2.75) is 11.4 Å². The number of halogens is 2. The van der Waals surface area contributed by atoms with Gasteiger partial charge in [-0.2, -0.15) is 9.40 Å². The summed E-state index contributed by atoms with van der Waals surface area (Å²) in [7, 11) is -0.385. The number of hydrogen-bond donors (Lipinski definition) is 0. The van der Waals surface area contributed by atoms with Crippen molar-refractivity contribution in [3.05, 3.63) is 46.2 Å². The molecule has 2 rings (SSSR count). The van der Waals surface area contributed by atoms with Crippen LogP contribution in [0, 0.1) is 0 Å². The molecule has 1 heterocycles. The Balaban J connectivity index is 2.28. The molecule has 5 nitrogen and oxygen atoms in total. The van der Waals surface area contributed by atoms with Crippen LogP contribution >= 0.6 is 23.2 Å². The molecule has 0 aliphatic heterocycles. The minimum Gasteiger partial charge on any atom is -0.270 e. The van der Waals surface area contributed by atoms with Crippen molar-refractivity contribution in [3.63, 3.8) is 0 Å². The predicted molar refractivity (Wildman–Crippen MR) is 78.3 cm³/mol. The van der Waals surface area contributed by atoms with Crippen LogP contribution in [0.3, 0.4) is 0 Å². The second-order valence-electron chi connectivity index (χ2n) is 4.28. The summed E-state index contributed by atoms with van der Waals surface area (Å²) in [4.78, 5) is 0.183. The van der Waals surface area contributed by atoms with Crippen molar-refractivity contribution in [1.29, 1.82) is 0 Å². The Morgan fingerprint density at radius 2 is 1.85 bits per heavy atom. The summed E-state index contributed by atoms with van der Waals surface area (Å²) in [6.07, 6.45) is 1.49. The molecule has 1 aromatic carbocycles. The number of aryl methyl sites for hydroxylation is 1. The number of rotatable bonds is 4. The molecule has 0 spiro atoms.